The van der Waals surface area contributed by atoms with Crippen molar-refractivity contribution in [2.24, 2.45) is 0 Å². The number of rotatable bonds is 10. The molecule has 262 valence electrons. The molecular weight excluding hydrogens is 688 g/mol. The maximum Gasteiger partial charge on any atom is 0.221 e. The second kappa shape index (κ2) is 15.1. The highest BCUT2D eigenvalue weighted by Gasteiger charge is 2.29. The molecule has 51 heavy (non-hydrogen) atoms. The van der Waals surface area contributed by atoms with Crippen LogP contribution in [0.1, 0.15) is 69.8 Å². The minimum Gasteiger partial charge on any atom is -0.445 e. The van der Waals surface area contributed by atoms with Crippen molar-refractivity contribution in [1.29, 1.82) is 5.26 Å². The zero-order chi connectivity index (χ0) is 36.3. The molecule has 4 heterocycles. The molecule has 2 aromatic carbocycles. The Morgan fingerprint density at radius 1 is 1.14 bits per heavy atom. The molecule has 1 fully saturated rings. The van der Waals surface area contributed by atoms with Crippen molar-refractivity contribution >= 4 is 56.7 Å². The van der Waals surface area contributed by atoms with Crippen LogP contribution in [0.5, 0.6) is 0 Å². The van der Waals surface area contributed by atoms with Crippen LogP contribution < -0.4 is 10.6 Å². The van der Waals surface area contributed by atoms with Gasteiger partial charge < -0.3 is 15.1 Å². The number of pyridine rings is 1. The highest BCUT2D eigenvalue weighted by Crippen LogP contribution is 2.37. The van der Waals surface area contributed by atoms with Gasteiger partial charge in [-0.3, -0.25) is 9.88 Å². The van der Waals surface area contributed by atoms with Gasteiger partial charge in [-0.2, -0.15) is 5.26 Å². The summed E-state index contributed by atoms with van der Waals surface area (Å²) in [6, 6.07) is 9.77. The number of hydrogen-bond donors (Lipinski definition) is 2. The molecule has 0 radical (unpaired) electrons. The van der Waals surface area contributed by atoms with Gasteiger partial charge >= 0.3 is 0 Å². The summed E-state index contributed by atoms with van der Waals surface area (Å²) >= 11 is 12.9. The van der Waals surface area contributed by atoms with Gasteiger partial charge in [-0.15, -0.1) is 5.10 Å². The van der Waals surface area contributed by atoms with Gasteiger partial charge in [-0.05, 0) is 76.4 Å². The van der Waals surface area contributed by atoms with E-state index in [-0.39, 0.29) is 22.2 Å². The summed E-state index contributed by atoms with van der Waals surface area (Å²) in [5.41, 5.74) is 4.68. The van der Waals surface area contributed by atoms with E-state index in [1.54, 1.807) is 18.3 Å². The largest absolute Gasteiger partial charge is 0.445 e. The first-order chi connectivity index (χ1) is 24.4. The van der Waals surface area contributed by atoms with Crippen LogP contribution in [0.4, 0.5) is 21.5 Å². The van der Waals surface area contributed by atoms with Gasteiger partial charge in [0.2, 0.25) is 5.89 Å². The molecule has 0 saturated carbocycles. The summed E-state index contributed by atoms with van der Waals surface area (Å²) in [6.07, 6.45) is 14.2. The lowest BCUT2D eigenvalue weighted by Gasteiger charge is -2.40. The van der Waals surface area contributed by atoms with Crippen molar-refractivity contribution in [2.75, 3.05) is 23.7 Å². The number of aromatic nitrogens is 5. The Hall–Kier alpha value is -5.02. The van der Waals surface area contributed by atoms with Gasteiger partial charge in [-0.1, -0.05) is 53.2 Å². The molecule has 0 spiro atoms. The topological polar surface area (TPSA) is 121 Å². The molecule has 0 bridgehead atoms. The van der Waals surface area contributed by atoms with Gasteiger partial charge in [0.1, 0.15) is 23.8 Å². The van der Waals surface area contributed by atoms with Crippen molar-refractivity contribution in [3.8, 4) is 6.07 Å². The van der Waals surface area contributed by atoms with Crippen molar-refractivity contribution in [3.63, 3.8) is 0 Å². The molecule has 10 nitrogen and oxygen atoms in total. The second-order valence-corrected chi connectivity index (χ2v) is 14.3. The van der Waals surface area contributed by atoms with Crippen LogP contribution in [-0.4, -0.2) is 48.5 Å². The maximum absolute atomic E-state index is 13.9. The molecule has 0 aliphatic carbocycles. The Kier molecular flexibility index (Phi) is 10.6. The van der Waals surface area contributed by atoms with Crippen LogP contribution in [0.3, 0.4) is 0 Å². The van der Waals surface area contributed by atoms with E-state index in [0.29, 0.717) is 50.1 Å². The average molecular weight is 727 g/mol. The van der Waals surface area contributed by atoms with Crippen molar-refractivity contribution in [2.45, 2.75) is 58.2 Å². The van der Waals surface area contributed by atoms with E-state index in [1.165, 1.54) is 24.6 Å². The zero-order valence-electron chi connectivity index (χ0n) is 28.8. The number of benzene rings is 2. The Morgan fingerprint density at radius 2 is 1.90 bits per heavy atom. The number of likely N-dealkylation sites (tertiary alicyclic amines) is 1. The summed E-state index contributed by atoms with van der Waals surface area (Å²) in [6.45, 7) is 15.0. The Labute approximate surface area is 306 Å². The molecule has 3 aromatic heterocycles. The minimum absolute atomic E-state index is 0.0510. The van der Waals surface area contributed by atoms with Gasteiger partial charge in [-0.25, -0.2) is 14.1 Å². The molecule has 1 atom stereocenters. The van der Waals surface area contributed by atoms with Crippen LogP contribution in [0, 0.1) is 17.1 Å². The number of oxazole rings is 1. The second-order valence-electron chi connectivity index (χ2n) is 13.5. The van der Waals surface area contributed by atoms with Crippen LogP contribution in [-0.2, 0) is 0 Å². The van der Waals surface area contributed by atoms with E-state index in [1.807, 2.05) is 42.1 Å². The molecular formula is C38H38Cl2FN9O. The van der Waals surface area contributed by atoms with Gasteiger partial charge in [0, 0.05) is 47.2 Å². The molecule has 5 aromatic rings. The number of nitriles is 1. The van der Waals surface area contributed by atoms with E-state index >= 15 is 0 Å². The van der Waals surface area contributed by atoms with E-state index in [4.69, 9.17) is 27.6 Å². The third-order valence-electron chi connectivity index (χ3n) is 8.95. The predicted octanol–water partition coefficient (Wildman–Crippen LogP) is 9.68. The lowest BCUT2D eigenvalue weighted by Crippen LogP contribution is -2.46. The lowest BCUT2D eigenvalue weighted by molar-refractivity contribution is 0.0866. The quantitative estimate of drug-likeness (QED) is 0.136. The van der Waals surface area contributed by atoms with E-state index in [0.717, 1.165) is 31.5 Å². The zero-order valence-corrected chi connectivity index (χ0v) is 30.3. The summed E-state index contributed by atoms with van der Waals surface area (Å²) < 4.78 is 21.3. The van der Waals surface area contributed by atoms with Crippen molar-refractivity contribution in [1.82, 2.24) is 29.9 Å². The number of allylic oxidation sites excluding steroid dienone is 3. The lowest BCUT2D eigenvalue weighted by atomic mass is 9.98. The van der Waals surface area contributed by atoms with Crippen molar-refractivity contribution < 1.29 is 8.81 Å². The van der Waals surface area contributed by atoms with Gasteiger partial charge in [0.25, 0.3) is 0 Å². The molecule has 1 saturated heterocycles. The molecule has 2 N–H and O–H groups in total. The molecule has 13 heteroatoms. The fourth-order valence-corrected chi connectivity index (χ4v) is 6.56. The standard InChI is InChI=1S/C38H38Cl2FN9O/c1-23(7-6-8-24(2)37-43-13-16-51-37)34(33-22-50(48-47-33)28-11-14-49(15-12-28)38(3,4)5)46-27-17-29-35(45-26-9-10-32(41)30(39)18-26)25(20-42)21-44-36(29)31(40)19-27/h6-10,13,16-19,21-22,28,34,46H,1,11-12,14-15H2,2-5H3,(H,44,45)/b7-6-,24-8+/t34-/m0/s1. The molecule has 1 aliphatic heterocycles. The Bertz CT molecular complexity index is 2150. The first-order valence-electron chi connectivity index (χ1n) is 16.5. The van der Waals surface area contributed by atoms with Crippen LogP contribution in [0.25, 0.3) is 16.5 Å². The summed E-state index contributed by atoms with van der Waals surface area (Å²) in [5.74, 6) is -0.0170. The maximum atomic E-state index is 13.9. The van der Waals surface area contributed by atoms with Gasteiger partial charge in [0.05, 0.1) is 51.3 Å². The van der Waals surface area contributed by atoms with E-state index in [9.17, 15) is 9.65 Å². The SMILES string of the molecule is C=C(/C=C\C=C(/C)c1ncco1)[C@H](Nc1cc(Cl)c2ncc(C#N)c(Nc3ccc(F)c(Cl)c3)c2c1)c1cn(C2CCN(C(C)(C)C)CC2)nn1. The number of nitrogens with zero attached hydrogens (tertiary/aromatic N) is 7. The number of fused-ring (bicyclic) bond motifs is 1. The van der Waals surface area contributed by atoms with Crippen LogP contribution in [0.2, 0.25) is 10.0 Å². The fourth-order valence-electron chi connectivity index (χ4n) is 6.11. The van der Waals surface area contributed by atoms with E-state index in [2.05, 4.69) is 69.2 Å². The third kappa shape index (κ3) is 8.15. The molecule has 6 rings (SSSR count). The predicted molar refractivity (Wildman–Crippen MR) is 201 cm³/mol. The molecule has 0 amide bonds. The summed E-state index contributed by atoms with van der Waals surface area (Å²) in [7, 11) is 0. The number of hydrogen-bond acceptors (Lipinski definition) is 9. The van der Waals surface area contributed by atoms with Crippen LogP contribution >= 0.6 is 23.2 Å². The monoisotopic (exact) mass is 725 g/mol. The van der Waals surface area contributed by atoms with E-state index < -0.39 is 11.9 Å². The number of anilines is 3. The first kappa shape index (κ1) is 35.8. The summed E-state index contributed by atoms with van der Waals surface area (Å²) in [5, 5.41) is 26.8. The number of piperidine rings is 1. The number of halogens is 3. The first-order valence-corrected chi connectivity index (χ1v) is 17.3. The van der Waals surface area contributed by atoms with Gasteiger partial charge in [0.15, 0.2) is 0 Å². The molecule has 0 unspecified atom stereocenters. The number of nitrogens with one attached hydrogen (secondary N) is 2. The molecule has 1 aliphatic rings. The Morgan fingerprint density at radius 3 is 2.59 bits per heavy atom. The smallest absolute Gasteiger partial charge is 0.221 e. The minimum atomic E-state index is -0.548. The fraction of sp³-hybridized carbons (Fsp3) is 0.289. The van der Waals surface area contributed by atoms with Crippen molar-refractivity contribution in [3.05, 3.63) is 119 Å². The van der Waals surface area contributed by atoms with Crippen LogP contribution in [0.15, 0.2) is 90.0 Å². The normalized spacial score (nSPS) is 15.3. The third-order valence-corrected chi connectivity index (χ3v) is 9.53. The highest BCUT2D eigenvalue weighted by atomic mass is 35.5. The summed E-state index contributed by atoms with van der Waals surface area (Å²) in [4.78, 5) is 11.2. The Balaban J connectivity index is 1.35. The highest BCUT2D eigenvalue weighted by molar-refractivity contribution is 6.36. The average Bonchev–Trinajstić information content (AvgIpc) is 3.82.